The van der Waals surface area contributed by atoms with E-state index in [0.717, 1.165) is 25.9 Å². The summed E-state index contributed by atoms with van der Waals surface area (Å²) in [6.45, 7) is 3.13. The number of halogens is 1. The summed E-state index contributed by atoms with van der Waals surface area (Å²) in [5.41, 5.74) is 0.705. The molecular formula is C20H21FN4O2. The predicted molar refractivity (Wildman–Crippen MR) is 97.4 cm³/mol. The first kappa shape index (κ1) is 17.6. The minimum absolute atomic E-state index is 0.254. The minimum atomic E-state index is -0.254. The van der Waals surface area contributed by atoms with Crippen LogP contribution in [0.4, 0.5) is 4.39 Å². The molecule has 0 bridgehead atoms. The summed E-state index contributed by atoms with van der Waals surface area (Å²) < 4.78 is 24.2. The molecule has 2 aromatic heterocycles. The summed E-state index contributed by atoms with van der Waals surface area (Å²) in [5, 5.41) is 4.02. The number of likely N-dealkylation sites (tertiary alicyclic amines) is 1. The molecule has 1 unspecified atom stereocenters. The molecule has 0 N–H and O–H groups in total. The first-order valence-electron chi connectivity index (χ1n) is 9.11. The Morgan fingerprint density at radius 2 is 2.07 bits per heavy atom. The van der Waals surface area contributed by atoms with Gasteiger partial charge in [0.15, 0.2) is 0 Å². The van der Waals surface area contributed by atoms with Crippen LogP contribution >= 0.6 is 0 Å². The highest BCUT2D eigenvalue weighted by molar-refractivity contribution is 5.46. The molecule has 140 valence electrons. The Balaban J connectivity index is 1.31. The molecule has 1 aliphatic heterocycles. The lowest BCUT2D eigenvalue weighted by molar-refractivity contribution is 0.115. The Kier molecular flexibility index (Phi) is 5.39. The van der Waals surface area contributed by atoms with E-state index in [1.807, 2.05) is 18.2 Å². The van der Waals surface area contributed by atoms with Crippen molar-refractivity contribution in [3.8, 4) is 17.3 Å². The summed E-state index contributed by atoms with van der Waals surface area (Å²) in [6, 6.07) is 11.8. The number of benzene rings is 1. The van der Waals surface area contributed by atoms with Crippen molar-refractivity contribution >= 4 is 0 Å². The van der Waals surface area contributed by atoms with Crippen LogP contribution in [0.25, 0.3) is 11.5 Å². The molecule has 1 atom stereocenters. The summed E-state index contributed by atoms with van der Waals surface area (Å²) in [7, 11) is 0. The van der Waals surface area contributed by atoms with Gasteiger partial charge in [0.2, 0.25) is 11.7 Å². The van der Waals surface area contributed by atoms with Crippen molar-refractivity contribution in [3.05, 3.63) is 60.4 Å². The second-order valence-corrected chi connectivity index (χ2v) is 6.73. The van der Waals surface area contributed by atoms with Gasteiger partial charge in [0.05, 0.1) is 13.2 Å². The zero-order chi connectivity index (χ0) is 18.5. The quantitative estimate of drug-likeness (QED) is 0.663. The fraction of sp³-hybridized carbons (Fsp3) is 0.350. The third kappa shape index (κ3) is 4.68. The van der Waals surface area contributed by atoms with Gasteiger partial charge in [-0.15, -0.1) is 0 Å². The third-order valence-corrected chi connectivity index (χ3v) is 4.62. The summed E-state index contributed by atoms with van der Waals surface area (Å²) >= 11 is 0. The molecule has 0 aliphatic carbocycles. The molecule has 0 spiro atoms. The molecule has 1 aliphatic rings. The van der Waals surface area contributed by atoms with E-state index < -0.39 is 0 Å². The summed E-state index contributed by atoms with van der Waals surface area (Å²) in [5.74, 6) is 1.97. The number of hydrogen-bond donors (Lipinski definition) is 0. The number of pyridine rings is 1. The van der Waals surface area contributed by atoms with Crippen LogP contribution in [0.3, 0.4) is 0 Å². The van der Waals surface area contributed by atoms with E-state index in [-0.39, 0.29) is 5.82 Å². The molecule has 27 heavy (non-hydrogen) atoms. The number of aromatic nitrogens is 3. The van der Waals surface area contributed by atoms with Crippen molar-refractivity contribution in [1.82, 2.24) is 20.0 Å². The lowest BCUT2D eigenvalue weighted by atomic mass is 9.99. The third-order valence-electron chi connectivity index (χ3n) is 4.62. The zero-order valence-corrected chi connectivity index (χ0v) is 14.9. The molecule has 3 aromatic rings. The van der Waals surface area contributed by atoms with Gasteiger partial charge < -0.3 is 9.26 Å². The van der Waals surface area contributed by atoms with Crippen molar-refractivity contribution in [2.24, 2.45) is 5.92 Å². The second-order valence-electron chi connectivity index (χ2n) is 6.73. The van der Waals surface area contributed by atoms with Crippen LogP contribution in [0.15, 0.2) is 53.2 Å². The Bertz CT molecular complexity index is 854. The maximum Gasteiger partial charge on any atom is 0.241 e. The highest BCUT2D eigenvalue weighted by Crippen LogP contribution is 2.21. The maximum absolute atomic E-state index is 13.0. The number of rotatable bonds is 6. The summed E-state index contributed by atoms with van der Waals surface area (Å²) in [6.07, 6.45) is 3.92. The van der Waals surface area contributed by atoms with Crippen LogP contribution in [-0.4, -0.2) is 39.7 Å². The highest BCUT2D eigenvalue weighted by atomic mass is 19.1. The van der Waals surface area contributed by atoms with E-state index in [4.69, 9.17) is 9.26 Å². The van der Waals surface area contributed by atoms with E-state index in [2.05, 4.69) is 20.0 Å². The lowest BCUT2D eigenvalue weighted by Crippen LogP contribution is -2.37. The maximum atomic E-state index is 13.0. The fourth-order valence-corrected chi connectivity index (χ4v) is 3.29. The summed E-state index contributed by atoms with van der Waals surface area (Å²) in [4.78, 5) is 11.0. The van der Waals surface area contributed by atoms with Gasteiger partial charge in [-0.2, -0.15) is 4.98 Å². The molecule has 3 heterocycles. The van der Waals surface area contributed by atoms with E-state index >= 15 is 0 Å². The second kappa shape index (κ2) is 8.26. The van der Waals surface area contributed by atoms with Crippen LogP contribution in [0, 0.1) is 11.7 Å². The number of nitrogens with zero attached hydrogens (tertiary/aromatic N) is 4. The molecule has 1 fully saturated rings. The van der Waals surface area contributed by atoms with Gasteiger partial charge >= 0.3 is 0 Å². The van der Waals surface area contributed by atoms with Crippen LogP contribution in [0.1, 0.15) is 18.7 Å². The topological polar surface area (TPSA) is 64.3 Å². The van der Waals surface area contributed by atoms with Gasteiger partial charge in [0, 0.05) is 18.7 Å². The van der Waals surface area contributed by atoms with Gasteiger partial charge in [-0.3, -0.25) is 9.88 Å². The molecule has 0 radical (unpaired) electrons. The molecule has 1 aromatic carbocycles. The van der Waals surface area contributed by atoms with Gasteiger partial charge in [-0.25, -0.2) is 4.39 Å². The fourth-order valence-electron chi connectivity index (χ4n) is 3.29. The number of hydrogen-bond acceptors (Lipinski definition) is 6. The van der Waals surface area contributed by atoms with Gasteiger partial charge in [-0.1, -0.05) is 11.2 Å². The molecular weight excluding hydrogens is 347 g/mol. The standard InChI is InChI=1S/C20H21FN4O2/c21-16-6-8-17(9-7-16)26-14-15-4-3-11-25(12-15)13-19-23-20(24-27-19)18-5-1-2-10-22-18/h1-2,5-10,15H,3-4,11-14H2. The molecule has 4 rings (SSSR count). The van der Waals surface area contributed by atoms with Crippen molar-refractivity contribution in [3.63, 3.8) is 0 Å². The lowest BCUT2D eigenvalue weighted by Gasteiger charge is -2.31. The van der Waals surface area contributed by atoms with Crippen LogP contribution in [0.2, 0.25) is 0 Å². The highest BCUT2D eigenvalue weighted by Gasteiger charge is 2.22. The largest absolute Gasteiger partial charge is 0.493 e. The molecule has 1 saturated heterocycles. The van der Waals surface area contributed by atoms with E-state index in [0.29, 0.717) is 42.2 Å². The van der Waals surface area contributed by atoms with Crippen LogP contribution in [-0.2, 0) is 6.54 Å². The van der Waals surface area contributed by atoms with E-state index in [9.17, 15) is 4.39 Å². The smallest absolute Gasteiger partial charge is 0.241 e. The van der Waals surface area contributed by atoms with Crippen LogP contribution < -0.4 is 4.74 Å². The predicted octanol–water partition coefficient (Wildman–Crippen LogP) is 3.56. The SMILES string of the molecule is Fc1ccc(OCC2CCCN(Cc3nc(-c4ccccn4)no3)C2)cc1. The van der Waals surface area contributed by atoms with Gasteiger partial charge in [0.25, 0.3) is 0 Å². The van der Waals surface area contributed by atoms with Crippen molar-refractivity contribution in [2.45, 2.75) is 19.4 Å². The van der Waals surface area contributed by atoms with E-state index in [1.54, 1.807) is 18.3 Å². The van der Waals surface area contributed by atoms with Crippen molar-refractivity contribution in [2.75, 3.05) is 19.7 Å². The van der Waals surface area contributed by atoms with Crippen LogP contribution in [0.5, 0.6) is 5.75 Å². The van der Waals surface area contributed by atoms with Crippen molar-refractivity contribution < 1.29 is 13.7 Å². The average molecular weight is 368 g/mol. The van der Waals surface area contributed by atoms with Gasteiger partial charge in [0.1, 0.15) is 17.3 Å². The first-order chi connectivity index (χ1) is 13.3. The zero-order valence-electron chi connectivity index (χ0n) is 14.9. The normalized spacial score (nSPS) is 17.7. The monoisotopic (exact) mass is 368 g/mol. The van der Waals surface area contributed by atoms with Gasteiger partial charge in [-0.05, 0) is 55.8 Å². The molecule has 7 heteroatoms. The van der Waals surface area contributed by atoms with Crippen molar-refractivity contribution in [1.29, 1.82) is 0 Å². The Labute approximate surface area is 157 Å². The first-order valence-corrected chi connectivity index (χ1v) is 9.11. The Morgan fingerprint density at radius 1 is 1.19 bits per heavy atom. The molecule has 6 nitrogen and oxygen atoms in total. The average Bonchev–Trinajstić information content (AvgIpc) is 3.17. The Hall–Kier alpha value is -2.80. The number of piperidine rings is 1. The number of ether oxygens (including phenoxy) is 1. The molecule has 0 saturated carbocycles. The molecule has 0 amide bonds. The van der Waals surface area contributed by atoms with E-state index in [1.165, 1.54) is 12.1 Å². The Morgan fingerprint density at radius 3 is 2.89 bits per heavy atom. The minimum Gasteiger partial charge on any atom is -0.493 e.